The van der Waals surface area contributed by atoms with Gasteiger partial charge in [0.25, 0.3) is 0 Å². The highest BCUT2D eigenvalue weighted by atomic mass is 32.2. The topological polar surface area (TPSA) is 91.8 Å². The molecule has 0 spiro atoms. The van der Waals surface area contributed by atoms with Gasteiger partial charge in [-0.3, -0.25) is 4.72 Å². The fourth-order valence-electron chi connectivity index (χ4n) is 2.97. The first kappa shape index (κ1) is 23.5. The summed E-state index contributed by atoms with van der Waals surface area (Å²) in [6, 6.07) is 15.4. The minimum atomic E-state index is -3.34. The van der Waals surface area contributed by atoms with Crippen LogP contribution < -0.4 is 20.1 Å². The highest BCUT2D eigenvalue weighted by molar-refractivity contribution is 7.92. The number of rotatable bonds is 10. The van der Waals surface area contributed by atoms with Gasteiger partial charge < -0.3 is 15.4 Å². The Morgan fingerprint density at radius 3 is 2.43 bits per heavy atom. The summed E-state index contributed by atoms with van der Waals surface area (Å²) in [5.41, 5.74) is 2.62. The zero-order valence-electron chi connectivity index (χ0n) is 18.1. The van der Waals surface area contributed by atoms with Crippen molar-refractivity contribution in [3.63, 3.8) is 0 Å². The molecule has 0 fully saturated rings. The lowest BCUT2D eigenvalue weighted by molar-refractivity contribution is 0.414. The number of hydrogen-bond acceptors (Lipinski definition) is 4. The smallest absolute Gasteiger partial charge is 0.229 e. The van der Waals surface area contributed by atoms with Crippen molar-refractivity contribution in [2.45, 2.75) is 32.7 Å². The normalized spacial score (nSPS) is 12.9. The van der Waals surface area contributed by atoms with Gasteiger partial charge in [-0.25, -0.2) is 13.4 Å². The largest absolute Gasteiger partial charge is 0.497 e. The number of benzene rings is 2. The van der Waals surface area contributed by atoms with E-state index in [0.717, 1.165) is 37.1 Å². The van der Waals surface area contributed by atoms with Crippen molar-refractivity contribution in [1.29, 1.82) is 0 Å². The fourth-order valence-corrected chi connectivity index (χ4v) is 3.57. The number of sulfonamides is 1. The minimum Gasteiger partial charge on any atom is -0.497 e. The van der Waals surface area contributed by atoms with Crippen molar-refractivity contribution < 1.29 is 13.2 Å². The van der Waals surface area contributed by atoms with E-state index in [9.17, 15) is 8.42 Å². The van der Waals surface area contributed by atoms with E-state index in [1.54, 1.807) is 19.2 Å². The molecule has 0 saturated carbocycles. The third kappa shape index (κ3) is 7.94. The van der Waals surface area contributed by atoms with Crippen LogP contribution >= 0.6 is 0 Å². The number of aliphatic imine (C=N–C) groups is 1. The summed E-state index contributed by atoms with van der Waals surface area (Å²) in [6.07, 6.45) is 2.09. The summed E-state index contributed by atoms with van der Waals surface area (Å²) in [7, 11) is -1.67. The molecule has 0 aliphatic carbocycles. The Labute approximate surface area is 180 Å². The summed E-state index contributed by atoms with van der Waals surface area (Å²) in [5, 5.41) is 6.59. The molecule has 0 radical (unpaired) electrons. The van der Waals surface area contributed by atoms with Crippen molar-refractivity contribution in [3.8, 4) is 5.75 Å². The average molecular weight is 433 g/mol. The molecule has 0 saturated heterocycles. The monoisotopic (exact) mass is 432 g/mol. The molecule has 0 heterocycles. The molecule has 0 aliphatic rings. The SMILES string of the molecule is CCNC(=NCc1ccccc1NS(C)(=O)=O)NCCC(C)c1ccc(OC)cc1. The second-order valence-electron chi connectivity index (χ2n) is 7.12. The highest BCUT2D eigenvalue weighted by Crippen LogP contribution is 2.21. The van der Waals surface area contributed by atoms with Gasteiger partial charge in [0.1, 0.15) is 5.75 Å². The lowest BCUT2D eigenvalue weighted by atomic mass is 9.98. The second-order valence-corrected chi connectivity index (χ2v) is 8.86. The predicted molar refractivity (Wildman–Crippen MR) is 124 cm³/mol. The molecule has 0 aromatic heterocycles. The molecule has 2 aromatic rings. The number of nitrogens with zero attached hydrogens (tertiary/aromatic N) is 1. The molecule has 2 rings (SSSR count). The standard InChI is InChI=1S/C22H32N4O3S/c1-5-23-22(24-15-14-17(2)18-10-12-20(29-3)13-11-18)25-16-19-8-6-7-9-21(19)26-30(4,27)28/h6-13,17,26H,5,14-16H2,1-4H3,(H2,23,24,25). The molecule has 3 N–H and O–H groups in total. The van der Waals surface area contributed by atoms with Crippen LogP contribution in [-0.4, -0.2) is 40.8 Å². The van der Waals surface area contributed by atoms with Crippen molar-refractivity contribution in [3.05, 3.63) is 59.7 Å². The summed E-state index contributed by atoms with van der Waals surface area (Å²) in [4.78, 5) is 4.61. The first-order valence-electron chi connectivity index (χ1n) is 10.0. The molecule has 2 aromatic carbocycles. The Bertz CT molecular complexity index is 928. The van der Waals surface area contributed by atoms with E-state index in [4.69, 9.17) is 4.74 Å². The molecule has 30 heavy (non-hydrogen) atoms. The van der Waals surface area contributed by atoms with Crippen LogP contribution in [-0.2, 0) is 16.6 Å². The van der Waals surface area contributed by atoms with Crippen molar-refractivity contribution in [1.82, 2.24) is 10.6 Å². The van der Waals surface area contributed by atoms with E-state index in [1.165, 1.54) is 5.56 Å². The van der Waals surface area contributed by atoms with Crippen LogP contribution in [0.3, 0.4) is 0 Å². The number of guanidine groups is 1. The van der Waals surface area contributed by atoms with Gasteiger partial charge in [0.05, 0.1) is 25.6 Å². The van der Waals surface area contributed by atoms with E-state index in [0.29, 0.717) is 24.1 Å². The molecule has 7 nitrogen and oxygen atoms in total. The van der Waals surface area contributed by atoms with Crippen LogP contribution in [0.25, 0.3) is 0 Å². The van der Waals surface area contributed by atoms with Crippen LogP contribution in [0.4, 0.5) is 5.69 Å². The third-order valence-electron chi connectivity index (χ3n) is 4.62. The van der Waals surface area contributed by atoms with Crippen molar-refractivity contribution in [2.24, 2.45) is 4.99 Å². The summed E-state index contributed by atoms with van der Waals surface area (Å²) in [5.74, 6) is 1.95. The lowest BCUT2D eigenvalue weighted by Crippen LogP contribution is -2.38. The van der Waals surface area contributed by atoms with Gasteiger partial charge in [0, 0.05) is 13.1 Å². The van der Waals surface area contributed by atoms with Gasteiger partial charge in [-0.1, -0.05) is 37.3 Å². The maximum absolute atomic E-state index is 11.6. The first-order valence-corrected chi connectivity index (χ1v) is 11.9. The summed E-state index contributed by atoms with van der Waals surface area (Å²) < 4.78 is 30.9. The van der Waals surface area contributed by atoms with E-state index in [1.807, 2.05) is 31.2 Å². The Kier molecular flexibility index (Phi) is 8.98. The van der Waals surface area contributed by atoms with E-state index >= 15 is 0 Å². The third-order valence-corrected chi connectivity index (χ3v) is 5.21. The van der Waals surface area contributed by atoms with E-state index in [-0.39, 0.29) is 0 Å². The van der Waals surface area contributed by atoms with Gasteiger partial charge in [-0.05, 0) is 48.6 Å². The summed E-state index contributed by atoms with van der Waals surface area (Å²) in [6.45, 7) is 6.07. The number of anilines is 1. The number of ether oxygens (including phenoxy) is 1. The Morgan fingerprint density at radius 2 is 1.80 bits per heavy atom. The lowest BCUT2D eigenvalue weighted by Gasteiger charge is -2.16. The summed E-state index contributed by atoms with van der Waals surface area (Å²) >= 11 is 0. The molecule has 0 aliphatic heterocycles. The maximum atomic E-state index is 11.6. The number of nitrogens with one attached hydrogen (secondary N) is 3. The Hall–Kier alpha value is -2.74. The highest BCUT2D eigenvalue weighted by Gasteiger charge is 2.08. The van der Waals surface area contributed by atoms with Gasteiger partial charge in [-0.15, -0.1) is 0 Å². The number of hydrogen-bond donors (Lipinski definition) is 3. The molecular formula is C22H32N4O3S. The molecule has 164 valence electrons. The van der Waals surface area contributed by atoms with Gasteiger partial charge in [0.2, 0.25) is 10.0 Å². The Balaban J connectivity index is 1.96. The second kappa shape index (κ2) is 11.4. The Morgan fingerprint density at radius 1 is 1.10 bits per heavy atom. The predicted octanol–water partition coefficient (Wildman–Crippen LogP) is 3.32. The number of para-hydroxylation sites is 1. The van der Waals surface area contributed by atoms with E-state index < -0.39 is 10.0 Å². The van der Waals surface area contributed by atoms with Crippen LogP contribution in [0.1, 0.15) is 37.3 Å². The van der Waals surface area contributed by atoms with Gasteiger partial charge in [-0.2, -0.15) is 0 Å². The molecular weight excluding hydrogens is 400 g/mol. The number of methoxy groups -OCH3 is 1. The van der Waals surface area contributed by atoms with Crippen LogP contribution in [0, 0.1) is 0 Å². The molecule has 0 amide bonds. The minimum absolute atomic E-state index is 0.363. The quantitative estimate of drug-likeness (QED) is 0.396. The maximum Gasteiger partial charge on any atom is 0.229 e. The molecule has 8 heteroatoms. The van der Waals surface area contributed by atoms with Crippen LogP contribution in [0.15, 0.2) is 53.5 Å². The zero-order chi connectivity index (χ0) is 22.0. The van der Waals surface area contributed by atoms with Gasteiger partial charge in [0.15, 0.2) is 5.96 Å². The van der Waals surface area contributed by atoms with E-state index in [2.05, 4.69) is 39.4 Å². The van der Waals surface area contributed by atoms with Crippen molar-refractivity contribution >= 4 is 21.7 Å². The zero-order valence-corrected chi connectivity index (χ0v) is 18.9. The molecule has 0 bridgehead atoms. The average Bonchev–Trinajstić information content (AvgIpc) is 2.71. The van der Waals surface area contributed by atoms with Crippen LogP contribution in [0.2, 0.25) is 0 Å². The van der Waals surface area contributed by atoms with Gasteiger partial charge >= 0.3 is 0 Å². The molecule has 1 unspecified atom stereocenters. The first-order chi connectivity index (χ1) is 14.3. The fraction of sp³-hybridized carbons (Fsp3) is 0.409. The van der Waals surface area contributed by atoms with Crippen molar-refractivity contribution in [2.75, 3.05) is 31.2 Å². The molecule has 1 atom stereocenters. The van der Waals surface area contributed by atoms with Crippen LogP contribution in [0.5, 0.6) is 5.75 Å².